The van der Waals surface area contributed by atoms with Gasteiger partial charge < -0.3 is 0 Å². The van der Waals surface area contributed by atoms with Crippen LogP contribution in [0.3, 0.4) is 0 Å². The largest absolute Gasteiger partial charge is 0.280 e. The smallest absolute Gasteiger partial charge is 0.236 e. The molecule has 0 atom stereocenters. The van der Waals surface area contributed by atoms with Gasteiger partial charge in [0.2, 0.25) is 5.91 Å². The van der Waals surface area contributed by atoms with Gasteiger partial charge in [-0.1, -0.05) is 20.8 Å². The second kappa shape index (κ2) is 4.28. The third kappa shape index (κ3) is 3.45. The fourth-order valence-electron chi connectivity index (χ4n) is 0.698. The Balaban J connectivity index is 3.61. The van der Waals surface area contributed by atoms with Gasteiger partial charge in [0.05, 0.1) is 0 Å². The van der Waals surface area contributed by atoms with E-state index >= 15 is 0 Å². The highest BCUT2D eigenvalue weighted by Gasteiger charge is 2.06. The molecule has 0 aromatic carbocycles. The molecule has 0 spiro atoms. The molecule has 0 aliphatic heterocycles. The van der Waals surface area contributed by atoms with Crippen molar-refractivity contribution in [2.24, 2.45) is 11.8 Å². The van der Waals surface area contributed by atoms with Gasteiger partial charge in [0.1, 0.15) is 0 Å². The fourth-order valence-corrected chi connectivity index (χ4v) is 0.698. The third-order valence-electron chi connectivity index (χ3n) is 1.18. The van der Waals surface area contributed by atoms with E-state index in [4.69, 9.17) is 5.84 Å². The van der Waals surface area contributed by atoms with E-state index in [0.717, 1.165) is 0 Å². The molecule has 0 rings (SSSR count). The van der Waals surface area contributed by atoms with Crippen LogP contribution < -0.4 is 5.84 Å². The lowest BCUT2D eigenvalue weighted by Crippen LogP contribution is -2.39. The first-order valence-corrected chi connectivity index (χ1v) is 3.63. The molecule has 3 heteroatoms. The Morgan fingerprint density at radius 1 is 1.60 bits per heavy atom. The molecule has 0 unspecified atom stereocenters. The Hall–Kier alpha value is -0.570. The minimum Gasteiger partial charge on any atom is -0.280 e. The first kappa shape index (κ1) is 9.43. The minimum atomic E-state index is 0.00806. The van der Waals surface area contributed by atoms with Crippen LogP contribution in [0.15, 0.2) is 0 Å². The van der Waals surface area contributed by atoms with Crippen LogP contribution in [0.1, 0.15) is 27.2 Å². The molecular weight excluding hydrogens is 128 g/mol. The average Bonchev–Trinajstić information content (AvgIpc) is 1.85. The molecule has 0 saturated heterocycles. The molecule has 0 aliphatic rings. The van der Waals surface area contributed by atoms with Crippen molar-refractivity contribution in [1.29, 1.82) is 0 Å². The number of carbonyl (C=O) groups is 1. The van der Waals surface area contributed by atoms with Gasteiger partial charge in [-0.25, -0.2) is 5.84 Å². The maximum atomic E-state index is 10.8. The Bertz CT molecular complexity index is 112. The maximum absolute atomic E-state index is 10.8. The summed E-state index contributed by atoms with van der Waals surface area (Å²) in [4.78, 5) is 10.8. The third-order valence-corrected chi connectivity index (χ3v) is 1.18. The number of carbonyl (C=O) groups excluding carboxylic acids is 1. The van der Waals surface area contributed by atoms with Crippen molar-refractivity contribution in [2.75, 3.05) is 6.54 Å². The highest BCUT2D eigenvalue weighted by molar-refractivity contribution is 5.75. The molecule has 2 N–H and O–H groups in total. The predicted molar refractivity (Wildman–Crippen MR) is 41.0 cm³/mol. The number of hydrogen-bond donors (Lipinski definition) is 1. The Labute approximate surface area is 62.2 Å². The van der Waals surface area contributed by atoms with E-state index in [1.165, 1.54) is 5.01 Å². The van der Waals surface area contributed by atoms with Crippen molar-refractivity contribution in [1.82, 2.24) is 5.01 Å². The van der Waals surface area contributed by atoms with Gasteiger partial charge >= 0.3 is 0 Å². The standard InChI is InChI=1S/C7H16N2O/c1-4-7(10)9(8)5-6(2)3/h6H,4-5,8H2,1-3H3. The summed E-state index contributed by atoms with van der Waals surface area (Å²) >= 11 is 0. The van der Waals surface area contributed by atoms with Gasteiger partial charge in [0, 0.05) is 13.0 Å². The molecule has 0 heterocycles. The lowest BCUT2D eigenvalue weighted by atomic mass is 10.2. The molecule has 0 aliphatic carbocycles. The van der Waals surface area contributed by atoms with Crippen molar-refractivity contribution >= 4 is 5.91 Å². The Kier molecular flexibility index (Phi) is 4.03. The van der Waals surface area contributed by atoms with Crippen molar-refractivity contribution in [3.8, 4) is 0 Å². The summed E-state index contributed by atoms with van der Waals surface area (Å²) in [5.41, 5.74) is 0. The monoisotopic (exact) mass is 144 g/mol. The number of amides is 1. The van der Waals surface area contributed by atoms with E-state index < -0.39 is 0 Å². The van der Waals surface area contributed by atoms with Crippen LogP contribution >= 0.6 is 0 Å². The van der Waals surface area contributed by atoms with Gasteiger partial charge in [-0.2, -0.15) is 0 Å². The highest BCUT2D eigenvalue weighted by Crippen LogP contribution is 1.95. The highest BCUT2D eigenvalue weighted by atomic mass is 16.2. The summed E-state index contributed by atoms with van der Waals surface area (Å²) in [6, 6.07) is 0. The molecule has 0 aromatic heterocycles. The quantitative estimate of drug-likeness (QED) is 0.361. The molecule has 0 saturated carbocycles. The van der Waals surface area contributed by atoms with Crippen LogP contribution in [-0.2, 0) is 4.79 Å². The van der Waals surface area contributed by atoms with Crippen molar-refractivity contribution in [3.63, 3.8) is 0 Å². The van der Waals surface area contributed by atoms with Crippen LogP contribution in [0.5, 0.6) is 0 Å². The summed E-state index contributed by atoms with van der Waals surface area (Å²) in [5, 5.41) is 1.28. The van der Waals surface area contributed by atoms with E-state index in [1.54, 1.807) is 0 Å². The SMILES string of the molecule is CCC(=O)N(N)CC(C)C. The second-order valence-electron chi connectivity index (χ2n) is 2.79. The topological polar surface area (TPSA) is 46.3 Å². The summed E-state index contributed by atoms with van der Waals surface area (Å²) in [6.45, 7) is 6.51. The normalized spacial score (nSPS) is 10.1. The summed E-state index contributed by atoms with van der Waals surface area (Å²) in [5.74, 6) is 5.87. The molecular formula is C7H16N2O. The first-order chi connectivity index (χ1) is 4.57. The summed E-state index contributed by atoms with van der Waals surface area (Å²) in [6.07, 6.45) is 0.489. The van der Waals surface area contributed by atoms with Crippen molar-refractivity contribution in [2.45, 2.75) is 27.2 Å². The van der Waals surface area contributed by atoms with E-state index in [9.17, 15) is 4.79 Å². The fraction of sp³-hybridized carbons (Fsp3) is 0.857. The van der Waals surface area contributed by atoms with Crippen LogP contribution in [-0.4, -0.2) is 17.5 Å². The molecule has 1 amide bonds. The second-order valence-corrected chi connectivity index (χ2v) is 2.79. The summed E-state index contributed by atoms with van der Waals surface area (Å²) in [7, 11) is 0. The van der Waals surface area contributed by atoms with E-state index in [2.05, 4.69) is 0 Å². The van der Waals surface area contributed by atoms with Gasteiger partial charge in [-0.15, -0.1) is 0 Å². The first-order valence-electron chi connectivity index (χ1n) is 3.63. The van der Waals surface area contributed by atoms with Crippen LogP contribution in [0, 0.1) is 5.92 Å². The lowest BCUT2D eigenvalue weighted by molar-refractivity contribution is -0.131. The minimum absolute atomic E-state index is 0.00806. The van der Waals surface area contributed by atoms with E-state index in [-0.39, 0.29) is 5.91 Å². The molecule has 3 nitrogen and oxygen atoms in total. The molecule has 0 fully saturated rings. The Morgan fingerprint density at radius 2 is 2.10 bits per heavy atom. The van der Waals surface area contributed by atoms with Crippen LogP contribution in [0.25, 0.3) is 0 Å². The number of hydrazine groups is 1. The van der Waals surface area contributed by atoms with E-state index in [0.29, 0.717) is 18.9 Å². The van der Waals surface area contributed by atoms with Gasteiger partial charge in [-0.05, 0) is 5.92 Å². The number of nitrogens with two attached hydrogens (primary N) is 1. The lowest BCUT2D eigenvalue weighted by Gasteiger charge is -2.17. The zero-order chi connectivity index (χ0) is 8.15. The van der Waals surface area contributed by atoms with Crippen LogP contribution in [0.2, 0.25) is 0 Å². The maximum Gasteiger partial charge on any atom is 0.236 e. The number of nitrogens with zero attached hydrogens (tertiary/aromatic N) is 1. The number of rotatable bonds is 3. The van der Waals surface area contributed by atoms with Gasteiger partial charge in [0.15, 0.2) is 0 Å². The van der Waals surface area contributed by atoms with Gasteiger partial charge in [0.25, 0.3) is 0 Å². The molecule has 60 valence electrons. The zero-order valence-electron chi connectivity index (χ0n) is 6.92. The molecule has 0 bridgehead atoms. The predicted octanol–water partition coefficient (Wildman–Crippen LogP) is 0.755. The van der Waals surface area contributed by atoms with Crippen molar-refractivity contribution < 1.29 is 4.79 Å². The molecule has 0 radical (unpaired) electrons. The summed E-state index contributed by atoms with van der Waals surface area (Å²) < 4.78 is 0. The molecule has 10 heavy (non-hydrogen) atoms. The Morgan fingerprint density at radius 3 is 2.40 bits per heavy atom. The number of hydrogen-bond acceptors (Lipinski definition) is 2. The van der Waals surface area contributed by atoms with Crippen molar-refractivity contribution in [3.05, 3.63) is 0 Å². The van der Waals surface area contributed by atoms with Gasteiger partial charge in [-0.3, -0.25) is 9.80 Å². The van der Waals surface area contributed by atoms with E-state index in [1.807, 2.05) is 20.8 Å². The van der Waals surface area contributed by atoms with Crippen LogP contribution in [0.4, 0.5) is 0 Å². The molecule has 0 aromatic rings. The zero-order valence-corrected chi connectivity index (χ0v) is 6.92. The average molecular weight is 144 g/mol.